The van der Waals surface area contributed by atoms with Crippen molar-refractivity contribution >= 4 is 23.4 Å². The number of carbonyl (C=O) groups is 2. The molecule has 1 aromatic carbocycles. The molecule has 6 nitrogen and oxygen atoms in total. The number of halogens is 1. The summed E-state index contributed by atoms with van der Waals surface area (Å²) in [6.07, 6.45) is 1.57. The second kappa shape index (κ2) is 7.95. The van der Waals surface area contributed by atoms with Gasteiger partial charge in [-0.2, -0.15) is 0 Å². The van der Waals surface area contributed by atoms with Crippen molar-refractivity contribution in [3.8, 4) is 11.5 Å². The molecule has 2 aliphatic rings. The van der Waals surface area contributed by atoms with Crippen LogP contribution in [0.5, 0.6) is 11.5 Å². The maximum absolute atomic E-state index is 12.6. The second-order valence-electron chi connectivity index (χ2n) is 6.25. The van der Waals surface area contributed by atoms with Gasteiger partial charge in [-0.15, -0.1) is 0 Å². The third-order valence-electron chi connectivity index (χ3n) is 4.50. The fraction of sp³-hybridized carbons (Fsp3) is 0.556. The highest BCUT2D eigenvalue weighted by Crippen LogP contribution is 2.38. The lowest BCUT2D eigenvalue weighted by Gasteiger charge is -2.34. The first kappa shape index (κ1) is 17.9. The maximum Gasteiger partial charge on any atom is 0.227 e. The van der Waals surface area contributed by atoms with Gasteiger partial charge in [0.1, 0.15) is 0 Å². The summed E-state index contributed by atoms with van der Waals surface area (Å²) < 4.78 is 11.3. The van der Waals surface area contributed by atoms with Crippen LogP contribution in [0.1, 0.15) is 25.3 Å². The van der Waals surface area contributed by atoms with E-state index < -0.39 is 0 Å². The van der Waals surface area contributed by atoms with E-state index in [4.69, 9.17) is 21.1 Å². The smallest absolute Gasteiger partial charge is 0.227 e. The van der Waals surface area contributed by atoms with Gasteiger partial charge in [-0.1, -0.05) is 18.5 Å². The topological polar surface area (TPSA) is 59.1 Å². The number of fused-ring (bicyclic) bond motifs is 1. The van der Waals surface area contributed by atoms with Gasteiger partial charge in [0.15, 0.2) is 11.5 Å². The fourth-order valence-electron chi connectivity index (χ4n) is 3.10. The number of nitrogens with zero attached hydrogens (tertiary/aromatic N) is 2. The van der Waals surface area contributed by atoms with Gasteiger partial charge >= 0.3 is 0 Å². The number of amides is 2. The van der Waals surface area contributed by atoms with E-state index >= 15 is 0 Å². The molecule has 136 valence electrons. The van der Waals surface area contributed by atoms with Crippen LogP contribution in [-0.2, 0) is 16.0 Å². The molecule has 0 atom stereocenters. The predicted molar refractivity (Wildman–Crippen MR) is 94.2 cm³/mol. The molecule has 0 radical (unpaired) electrons. The Bertz CT molecular complexity index is 657. The van der Waals surface area contributed by atoms with Gasteiger partial charge in [0.2, 0.25) is 11.8 Å². The zero-order chi connectivity index (χ0) is 17.8. The molecule has 0 aliphatic carbocycles. The first-order valence-electron chi connectivity index (χ1n) is 8.72. The van der Waals surface area contributed by atoms with E-state index in [0.717, 1.165) is 12.0 Å². The number of hydrogen-bond acceptors (Lipinski definition) is 4. The van der Waals surface area contributed by atoms with Gasteiger partial charge in [-0.05, 0) is 17.7 Å². The van der Waals surface area contributed by atoms with Gasteiger partial charge < -0.3 is 19.3 Å². The zero-order valence-electron chi connectivity index (χ0n) is 14.4. The molecule has 0 bridgehead atoms. The Balaban J connectivity index is 1.63. The van der Waals surface area contributed by atoms with E-state index in [9.17, 15) is 9.59 Å². The van der Waals surface area contributed by atoms with Crippen LogP contribution in [0.3, 0.4) is 0 Å². The van der Waals surface area contributed by atoms with Crippen molar-refractivity contribution in [2.24, 2.45) is 0 Å². The first-order valence-corrected chi connectivity index (χ1v) is 9.10. The normalized spacial score (nSPS) is 17.2. The summed E-state index contributed by atoms with van der Waals surface area (Å²) in [4.78, 5) is 27.9. The molecule has 2 heterocycles. The van der Waals surface area contributed by atoms with Crippen LogP contribution < -0.4 is 9.47 Å². The van der Waals surface area contributed by atoms with Crippen LogP contribution in [0.4, 0.5) is 0 Å². The molecular formula is C18H23ClN2O4. The number of hydrogen-bond donors (Lipinski definition) is 0. The van der Waals surface area contributed by atoms with Crippen molar-refractivity contribution in [3.63, 3.8) is 0 Å². The van der Waals surface area contributed by atoms with Crippen molar-refractivity contribution in [2.45, 2.75) is 26.2 Å². The number of rotatable bonds is 3. The Kier molecular flexibility index (Phi) is 5.68. The van der Waals surface area contributed by atoms with Crippen LogP contribution >= 0.6 is 11.6 Å². The molecule has 2 amide bonds. The summed E-state index contributed by atoms with van der Waals surface area (Å²) in [5.74, 6) is 1.34. The SMILES string of the molecule is CCC(=O)N1CCN(C(=O)Cc2cc(Cl)c3c(c2)OCCCO3)CC1. The van der Waals surface area contributed by atoms with Crippen molar-refractivity contribution < 1.29 is 19.1 Å². The third-order valence-corrected chi connectivity index (χ3v) is 4.79. The van der Waals surface area contributed by atoms with Crippen LogP contribution in [0, 0.1) is 0 Å². The molecule has 1 fully saturated rings. The number of piperazine rings is 1. The van der Waals surface area contributed by atoms with Crippen molar-refractivity contribution in [3.05, 3.63) is 22.7 Å². The van der Waals surface area contributed by atoms with Crippen molar-refractivity contribution in [2.75, 3.05) is 39.4 Å². The molecule has 0 unspecified atom stereocenters. The van der Waals surface area contributed by atoms with Crippen LogP contribution in [0.2, 0.25) is 5.02 Å². The van der Waals surface area contributed by atoms with E-state index in [-0.39, 0.29) is 18.2 Å². The molecule has 3 rings (SSSR count). The number of ether oxygens (including phenoxy) is 2. The first-order chi connectivity index (χ1) is 12.1. The highest BCUT2D eigenvalue weighted by atomic mass is 35.5. The average Bonchev–Trinajstić information content (AvgIpc) is 2.87. The molecule has 1 aromatic rings. The maximum atomic E-state index is 12.6. The summed E-state index contributed by atoms with van der Waals surface area (Å²) >= 11 is 6.28. The summed E-state index contributed by atoms with van der Waals surface area (Å²) in [5, 5.41) is 0.473. The van der Waals surface area contributed by atoms with E-state index in [1.54, 1.807) is 11.0 Å². The molecule has 0 aromatic heterocycles. The molecule has 0 N–H and O–H groups in total. The quantitative estimate of drug-likeness (QED) is 0.822. The zero-order valence-corrected chi connectivity index (χ0v) is 15.2. The summed E-state index contributed by atoms with van der Waals surface area (Å²) in [5.41, 5.74) is 0.811. The number of benzene rings is 1. The minimum Gasteiger partial charge on any atom is -0.489 e. The standard InChI is InChI=1S/C18H23ClN2O4/c1-2-16(22)20-4-6-21(7-5-20)17(23)12-13-10-14(19)18-15(11-13)24-8-3-9-25-18/h10-11H,2-9,12H2,1H3. The minimum absolute atomic E-state index is 0.0363. The van der Waals surface area contributed by atoms with Gasteiger partial charge in [-0.3, -0.25) is 9.59 Å². The van der Waals surface area contributed by atoms with Crippen LogP contribution in [-0.4, -0.2) is 61.0 Å². The molecule has 0 spiro atoms. The van der Waals surface area contributed by atoms with Crippen molar-refractivity contribution in [1.82, 2.24) is 9.80 Å². The van der Waals surface area contributed by atoms with Crippen LogP contribution in [0.25, 0.3) is 0 Å². The monoisotopic (exact) mass is 366 g/mol. The molecule has 2 aliphatic heterocycles. The highest BCUT2D eigenvalue weighted by molar-refractivity contribution is 6.32. The number of carbonyl (C=O) groups excluding carboxylic acids is 2. The lowest BCUT2D eigenvalue weighted by atomic mass is 10.1. The fourth-order valence-corrected chi connectivity index (χ4v) is 3.39. The molecule has 25 heavy (non-hydrogen) atoms. The van der Waals surface area contributed by atoms with Gasteiger partial charge in [0.05, 0.1) is 24.7 Å². The Labute approximate surface area is 152 Å². The van der Waals surface area contributed by atoms with E-state index in [1.807, 2.05) is 17.9 Å². The molecule has 1 saturated heterocycles. The Morgan fingerprint density at radius 2 is 1.68 bits per heavy atom. The molecular weight excluding hydrogens is 344 g/mol. The summed E-state index contributed by atoms with van der Waals surface area (Å²) in [6, 6.07) is 3.60. The predicted octanol–water partition coefficient (Wildman–Crippen LogP) is 2.12. The van der Waals surface area contributed by atoms with Crippen LogP contribution in [0.15, 0.2) is 12.1 Å². The van der Waals surface area contributed by atoms with Gasteiger partial charge in [-0.25, -0.2) is 0 Å². The van der Waals surface area contributed by atoms with E-state index in [2.05, 4.69) is 0 Å². The summed E-state index contributed by atoms with van der Waals surface area (Å²) in [7, 11) is 0. The Hall–Kier alpha value is -1.95. The summed E-state index contributed by atoms with van der Waals surface area (Å²) in [6.45, 7) is 5.35. The lowest BCUT2D eigenvalue weighted by Crippen LogP contribution is -2.50. The highest BCUT2D eigenvalue weighted by Gasteiger charge is 2.24. The van der Waals surface area contributed by atoms with Gasteiger partial charge in [0.25, 0.3) is 0 Å². The van der Waals surface area contributed by atoms with E-state index in [1.165, 1.54) is 0 Å². The third kappa shape index (κ3) is 4.18. The molecule has 0 saturated carbocycles. The largest absolute Gasteiger partial charge is 0.489 e. The second-order valence-corrected chi connectivity index (χ2v) is 6.65. The Morgan fingerprint density at radius 3 is 2.36 bits per heavy atom. The lowest BCUT2D eigenvalue weighted by molar-refractivity contribution is -0.139. The minimum atomic E-state index is 0.0363. The Morgan fingerprint density at radius 1 is 1.04 bits per heavy atom. The van der Waals surface area contributed by atoms with Crippen molar-refractivity contribution in [1.29, 1.82) is 0 Å². The molecule has 7 heteroatoms. The van der Waals surface area contributed by atoms with Gasteiger partial charge in [0, 0.05) is 39.0 Å². The van der Waals surface area contributed by atoms with E-state index in [0.29, 0.717) is 62.3 Å². The average molecular weight is 367 g/mol.